The molecule has 0 atom stereocenters. The number of nitrogens with zero attached hydrogens (tertiary/aromatic N) is 1. The van der Waals surface area contributed by atoms with Gasteiger partial charge in [-0.25, -0.2) is 22.2 Å². The predicted octanol–water partition coefficient (Wildman–Crippen LogP) is 3.65. The van der Waals surface area contributed by atoms with Crippen LogP contribution in [-0.4, -0.2) is 19.2 Å². The molecule has 0 spiro atoms. The molecule has 0 aliphatic heterocycles. The van der Waals surface area contributed by atoms with Crippen LogP contribution in [0.15, 0.2) is 36.5 Å². The molecule has 8 heteroatoms. The number of aromatic nitrogens is 1. The van der Waals surface area contributed by atoms with Gasteiger partial charge >= 0.3 is 0 Å². The number of nitrogens with one attached hydrogen (secondary N) is 2. The van der Waals surface area contributed by atoms with Crippen LogP contribution in [-0.2, 0) is 10.0 Å². The third-order valence-corrected chi connectivity index (χ3v) is 4.34. The first-order valence-corrected chi connectivity index (χ1v) is 8.73. The molecule has 2 N–H and O–H groups in total. The van der Waals surface area contributed by atoms with E-state index in [4.69, 9.17) is 0 Å². The van der Waals surface area contributed by atoms with Gasteiger partial charge in [-0.15, -0.1) is 0 Å². The van der Waals surface area contributed by atoms with Gasteiger partial charge in [-0.2, -0.15) is 0 Å². The van der Waals surface area contributed by atoms with Crippen LogP contribution in [0.3, 0.4) is 0 Å². The Morgan fingerprint density at radius 3 is 2.43 bits per heavy atom. The first-order chi connectivity index (χ1) is 10.9. The lowest BCUT2D eigenvalue weighted by Crippen LogP contribution is -2.17. The minimum atomic E-state index is -3.40. The van der Waals surface area contributed by atoms with Gasteiger partial charge in [-0.3, -0.25) is 4.72 Å². The van der Waals surface area contributed by atoms with Gasteiger partial charge in [0.1, 0.15) is 5.82 Å². The Hall–Kier alpha value is -2.22. The average Bonchev–Trinajstić information content (AvgIpc) is 2.51. The van der Waals surface area contributed by atoms with Crippen LogP contribution in [0.4, 0.5) is 26.0 Å². The molecule has 0 aliphatic rings. The number of pyridine rings is 1. The van der Waals surface area contributed by atoms with Gasteiger partial charge in [-0.1, -0.05) is 13.3 Å². The van der Waals surface area contributed by atoms with Gasteiger partial charge in [0.05, 0.1) is 17.6 Å². The zero-order chi connectivity index (χ0) is 16.9. The standard InChI is InChI=1S/C15H17F2N3O2S/c1-2-3-8-23(21,22)20-15-7-5-12(10-18-15)19-11-4-6-13(16)14(17)9-11/h4-7,9-10,19H,2-3,8H2,1H3,(H,18,20). The van der Waals surface area contributed by atoms with Crippen molar-refractivity contribution in [2.24, 2.45) is 0 Å². The SMILES string of the molecule is CCCCS(=O)(=O)Nc1ccc(Nc2ccc(F)c(F)c2)cn1. The molecule has 124 valence electrons. The summed E-state index contributed by atoms with van der Waals surface area (Å²) in [5, 5.41) is 2.85. The first-order valence-electron chi connectivity index (χ1n) is 7.08. The lowest BCUT2D eigenvalue weighted by molar-refractivity contribution is 0.509. The topological polar surface area (TPSA) is 71.1 Å². The van der Waals surface area contributed by atoms with E-state index in [9.17, 15) is 17.2 Å². The maximum atomic E-state index is 13.1. The number of benzene rings is 1. The molecule has 23 heavy (non-hydrogen) atoms. The second-order valence-electron chi connectivity index (χ2n) is 4.96. The van der Waals surface area contributed by atoms with Crippen molar-refractivity contribution in [2.75, 3.05) is 15.8 Å². The van der Waals surface area contributed by atoms with Crippen molar-refractivity contribution < 1.29 is 17.2 Å². The molecule has 2 rings (SSSR count). The molecule has 0 aliphatic carbocycles. The Balaban J connectivity index is 2.03. The number of halogens is 2. The highest BCUT2D eigenvalue weighted by Gasteiger charge is 2.10. The molecule has 0 fully saturated rings. The highest BCUT2D eigenvalue weighted by atomic mass is 32.2. The summed E-state index contributed by atoms with van der Waals surface area (Å²) in [6.07, 6.45) is 2.76. The fraction of sp³-hybridized carbons (Fsp3) is 0.267. The Morgan fingerprint density at radius 2 is 1.83 bits per heavy atom. The lowest BCUT2D eigenvalue weighted by Gasteiger charge is -2.09. The van der Waals surface area contributed by atoms with Gasteiger partial charge in [0.15, 0.2) is 11.6 Å². The van der Waals surface area contributed by atoms with E-state index >= 15 is 0 Å². The van der Waals surface area contributed by atoms with E-state index in [2.05, 4.69) is 15.0 Å². The number of hydrogen-bond acceptors (Lipinski definition) is 4. The Morgan fingerprint density at radius 1 is 1.09 bits per heavy atom. The van der Waals surface area contributed by atoms with Crippen LogP contribution in [0.5, 0.6) is 0 Å². The molecule has 1 aromatic heterocycles. The largest absolute Gasteiger partial charge is 0.354 e. The summed E-state index contributed by atoms with van der Waals surface area (Å²) >= 11 is 0. The lowest BCUT2D eigenvalue weighted by atomic mass is 10.3. The Kier molecular flexibility index (Phi) is 5.49. The summed E-state index contributed by atoms with van der Waals surface area (Å²) in [5.74, 6) is -1.63. The molecular formula is C15H17F2N3O2S. The molecule has 0 saturated heterocycles. The van der Waals surface area contributed by atoms with Crippen molar-refractivity contribution in [3.8, 4) is 0 Å². The van der Waals surface area contributed by atoms with Crippen molar-refractivity contribution in [2.45, 2.75) is 19.8 Å². The predicted molar refractivity (Wildman–Crippen MR) is 86.2 cm³/mol. The van der Waals surface area contributed by atoms with E-state index in [0.717, 1.165) is 18.6 Å². The van der Waals surface area contributed by atoms with Crippen LogP contribution < -0.4 is 10.0 Å². The van der Waals surface area contributed by atoms with E-state index in [1.165, 1.54) is 18.3 Å². The summed E-state index contributed by atoms with van der Waals surface area (Å²) in [6, 6.07) is 6.51. The molecule has 0 saturated carbocycles. The molecular weight excluding hydrogens is 324 g/mol. The van der Waals surface area contributed by atoms with Crippen molar-refractivity contribution in [1.82, 2.24) is 4.98 Å². The van der Waals surface area contributed by atoms with Gasteiger partial charge < -0.3 is 5.32 Å². The summed E-state index contributed by atoms with van der Waals surface area (Å²) in [5.41, 5.74) is 0.884. The number of hydrogen-bond donors (Lipinski definition) is 2. The van der Waals surface area contributed by atoms with Gasteiger partial charge in [0.25, 0.3) is 0 Å². The van der Waals surface area contributed by atoms with Crippen molar-refractivity contribution >= 4 is 27.2 Å². The van der Waals surface area contributed by atoms with E-state index in [0.29, 0.717) is 17.8 Å². The van der Waals surface area contributed by atoms with Gasteiger partial charge in [0, 0.05) is 11.8 Å². The number of unbranched alkanes of at least 4 members (excludes halogenated alkanes) is 1. The van der Waals surface area contributed by atoms with Crippen LogP contribution in [0.2, 0.25) is 0 Å². The van der Waals surface area contributed by atoms with E-state index < -0.39 is 21.7 Å². The van der Waals surface area contributed by atoms with Gasteiger partial charge in [-0.05, 0) is 30.7 Å². The molecule has 2 aromatic rings. The Labute approximate surface area is 133 Å². The third-order valence-electron chi connectivity index (χ3n) is 3.00. The molecule has 0 radical (unpaired) electrons. The maximum Gasteiger partial charge on any atom is 0.233 e. The van der Waals surface area contributed by atoms with Crippen molar-refractivity contribution in [3.05, 3.63) is 48.2 Å². The second-order valence-corrected chi connectivity index (χ2v) is 6.80. The number of sulfonamides is 1. The minimum Gasteiger partial charge on any atom is -0.354 e. The fourth-order valence-corrected chi connectivity index (χ4v) is 3.02. The average molecular weight is 341 g/mol. The zero-order valence-electron chi connectivity index (χ0n) is 12.5. The zero-order valence-corrected chi connectivity index (χ0v) is 13.3. The third kappa shape index (κ3) is 5.17. The van der Waals surface area contributed by atoms with Crippen LogP contribution in [0.25, 0.3) is 0 Å². The van der Waals surface area contributed by atoms with E-state index in [1.807, 2.05) is 6.92 Å². The number of anilines is 3. The molecule has 0 amide bonds. The van der Waals surface area contributed by atoms with Crippen LogP contribution in [0.1, 0.15) is 19.8 Å². The summed E-state index contributed by atoms with van der Waals surface area (Å²) in [4.78, 5) is 3.99. The highest BCUT2D eigenvalue weighted by Crippen LogP contribution is 2.19. The molecule has 0 unspecified atom stereocenters. The minimum absolute atomic E-state index is 0.0417. The maximum absolute atomic E-state index is 13.1. The Bertz CT molecular complexity index is 765. The molecule has 0 bridgehead atoms. The fourth-order valence-electron chi connectivity index (χ4n) is 1.81. The monoisotopic (exact) mass is 341 g/mol. The van der Waals surface area contributed by atoms with Crippen molar-refractivity contribution in [3.63, 3.8) is 0 Å². The van der Waals surface area contributed by atoms with Crippen molar-refractivity contribution in [1.29, 1.82) is 0 Å². The van der Waals surface area contributed by atoms with Gasteiger partial charge in [0.2, 0.25) is 10.0 Å². The molecule has 1 aromatic carbocycles. The summed E-state index contributed by atoms with van der Waals surface area (Å²) in [7, 11) is -3.40. The summed E-state index contributed by atoms with van der Waals surface area (Å²) in [6.45, 7) is 1.91. The number of rotatable bonds is 7. The molecule has 1 heterocycles. The van der Waals surface area contributed by atoms with E-state index in [1.54, 1.807) is 6.07 Å². The van der Waals surface area contributed by atoms with Crippen LogP contribution >= 0.6 is 0 Å². The summed E-state index contributed by atoms with van der Waals surface area (Å²) < 4.78 is 51.9. The smallest absolute Gasteiger partial charge is 0.233 e. The molecule has 5 nitrogen and oxygen atoms in total. The second kappa shape index (κ2) is 7.36. The van der Waals surface area contributed by atoms with E-state index in [-0.39, 0.29) is 11.6 Å². The van der Waals surface area contributed by atoms with Crippen LogP contribution in [0, 0.1) is 11.6 Å². The first kappa shape index (κ1) is 17.1. The highest BCUT2D eigenvalue weighted by molar-refractivity contribution is 7.92. The quantitative estimate of drug-likeness (QED) is 0.806. The normalized spacial score (nSPS) is 11.3.